The summed E-state index contributed by atoms with van der Waals surface area (Å²) in [6.45, 7) is 2.06. The molecule has 0 N–H and O–H groups in total. The Morgan fingerprint density at radius 2 is 1.83 bits per heavy atom. The first kappa shape index (κ1) is 15.4. The smallest absolute Gasteiger partial charge is 0.338 e. The molecule has 0 radical (unpaired) electrons. The second-order valence-electron chi connectivity index (χ2n) is 5.62. The number of ether oxygens (including phenoxy) is 3. The number of methoxy groups -OCH3 is 3. The molecule has 1 aliphatic carbocycles. The van der Waals surface area contributed by atoms with E-state index in [4.69, 9.17) is 14.2 Å². The fourth-order valence-electron chi connectivity index (χ4n) is 3.35. The summed E-state index contributed by atoms with van der Waals surface area (Å²) in [4.78, 5) is 12.3. The molecule has 1 aliphatic rings. The molecule has 0 saturated carbocycles. The van der Waals surface area contributed by atoms with E-state index in [2.05, 4.69) is 6.92 Å². The second-order valence-corrected chi connectivity index (χ2v) is 5.62. The van der Waals surface area contributed by atoms with Crippen LogP contribution in [-0.2, 0) is 17.6 Å². The molecule has 0 saturated heterocycles. The van der Waals surface area contributed by atoms with E-state index in [1.165, 1.54) is 12.7 Å². The van der Waals surface area contributed by atoms with Crippen LogP contribution in [0.2, 0.25) is 0 Å². The summed E-state index contributed by atoms with van der Waals surface area (Å²) in [6, 6.07) is 7.73. The molecule has 0 aliphatic heterocycles. The molecule has 2 aromatic rings. The maximum atomic E-state index is 12.3. The van der Waals surface area contributed by atoms with Crippen molar-refractivity contribution >= 4 is 5.97 Å². The Morgan fingerprint density at radius 3 is 2.48 bits per heavy atom. The molecule has 120 valence electrons. The number of esters is 1. The Bertz CT molecular complexity index is 777. The van der Waals surface area contributed by atoms with E-state index in [0.29, 0.717) is 11.3 Å². The maximum absolute atomic E-state index is 12.3. The number of benzene rings is 2. The molecule has 0 aromatic heterocycles. The highest BCUT2D eigenvalue weighted by Gasteiger charge is 2.26. The van der Waals surface area contributed by atoms with Crippen molar-refractivity contribution in [3.63, 3.8) is 0 Å². The van der Waals surface area contributed by atoms with Crippen LogP contribution in [0.25, 0.3) is 11.1 Å². The van der Waals surface area contributed by atoms with E-state index >= 15 is 0 Å². The Hall–Kier alpha value is -2.49. The molecule has 0 bridgehead atoms. The third-order valence-electron chi connectivity index (χ3n) is 4.52. The van der Waals surface area contributed by atoms with Crippen molar-refractivity contribution < 1.29 is 19.0 Å². The van der Waals surface area contributed by atoms with Crippen molar-refractivity contribution in [2.24, 2.45) is 0 Å². The fourth-order valence-corrected chi connectivity index (χ4v) is 3.35. The number of hydrogen-bond acceptors (Lipinski definition) is 4. The Balaban J connectivity index is 2.29. The largest absolute Gasteiger partial charge is 0.497 e. The van der Waals surface area contributed by atoms with Gasteiger partial charge >= 0.3 is 5.97 Å². The summed E-state index contributed by atoms with van der Waals surface area (Å²) in [6.07, 6.45) is 1.77. The molecule has 3 rings (SSSR count). The zero-order valence-corrected chi connectivity index (χ0v) is 13.9. The van der Waals surface area contributed by atoms with Crippen LogP contribution < -0.4 is 9.47 Å². The minimum absolute atomic E-state index is 0.346. The predicted molar refractivity (Wildman–Crippen MR) is 88.5 cm³/mol. The van der Waals surface area contributed by atoms with Crippen LogP contribution in [0.15, 0.2) is 24.3 Å². The van der Waals surface area contributed by atoms with Crippen molar-refractivity contribution in [2.45, 2.75) is 19.8 Å². The van der Waals surface area contributed by atoms with Crippen molar-refractivity contribution in [3.8, 4) is 22.6 Å². The van der Waals surface area contributed by atoms with E-state index in [1.54, 1.807) is 20.3 Å². The fraction of sp³-hybridized carbons (Fsp3) is 0.316. The summed E-state index contributed by atoms with van der Waals surface area (Å²) >= 11 is 0. The maximum Gasteiger partial charge on any atom is 0.338 e. The zero-order valence-electron chi connectivity index (χ0n) is 13.9. The third kappa shape index (κ3) is 2.44. The van der Waals surface area contributed by atoms with Crippen molar-refractivity contribution in [2.75, 3.05) is 21.3 Å². The normalized spacial score (nSPS) is 12.2. The Morgan fingerprint density at radius 1 is 1.04 bits per heavy atom. The van der Waals surface area contributed by atoms with Gasteiger partial charge in [0.25, 0.3) is 0 Å². The molecule has 0 heterocycles. The van der Waals surface area contributed by atoms with Gasteiger partial charge in [0.05, 0.1) is 26.9 Å². The first-order valence-corrected chi connectivity index (χ1v) is 7.56. The lowest BCUT2D eigenvalue weighted by Gasteiger charge is -2.25. The van der Waals surface area contributed by atoms with Gasteiger partial charge in [0.15, 0.2) is 0 Å². The van der Waals surface area contributed by atoms with E-state index in [9.17, 15) is 4.79 Å². The van der Waals surface area contributed by atoms with Crippen LogP contribution in [-0.4, -0.2) is 27.3 Å². The van der Waals surface area contributed by atoms with E-state index in [-0.39, 0.29) is 5.97 Å². The Kier molecular flexibility index (Phi) is 3.99. The van der Waals surface area contributed by atoms with Crippen molar-refractivity contribution in [1.82, 2.24) is 0 Å². The molecular weight excluding hydrogens is 292 g/mol. The zero-order chi connectivity index (χ0) is 16.6. The van der Waals surface area contributed by atoms with Gasteiger partial charge in [-0.25, -0.2) is 4.79 Å². The summed E-state index contributed by atoms with van der Waals surface area (Å²) in [5, 5.41) is 0. The highest BCUT2D eigenvalue weighted by atomic mass is 16.5. The van der Waals surface area contributed by atoms with Crippen LogP contribution in [0.5, 0.6) is 11.5 Å². The lowest BCUT2D eigenvalue weighted by Crippen LogP contribution is -2.13. The average Bonchev–Trinajstić information content (AvgIpc) is 2.59. The summed E-state index contributed by atoms with van der Waals surface area (Å²) in [5.74, 6) is 1.21. The van der Waals surface area contributed by atoms with E-state index in [0.717, 1.165) is 40.8 Å². The van der Waals surface area contributed by atoms with Gasteiger partial charge in [0.1, 0.15) is 11.5 Å². The van der Waals surface area contributed by atoms with Crippen LogP contribution in [0.1, 0.15) is 27.0 Å². The van der Waals surface area contributed by atoms with Gasteiger partial charge in [0.2, 0.25) is 0 Å². The summed E-state index contributed by atoms with van der Waals surface area (Å²) in [5.41, 5.74) is 6.04. The monoisotopic (exact) mass is 312 g/mol. The first-order valence-electron chi connectivity index (χ1n) is 7.56. The quantitative estimate of drug-likeness (QED) is 0.813. The molecule has 0 unspecified atom stereocenters. The van der Waals surface area contributed by atoms with Gasteiger partial charge in [-0.2, -0.15) is 0 Å². The van der Waals surface area contributed by atoms with Crippen LogP contribution in [0.3, 0.4) is 0 Å². The number of carbonyl (C=O) groups is 1. The molecule has 4 heteroatoms. The molecule has 0 spiro atoms. The standard InChI is InChI=1S/C19H20O4/c1-11-14-6-5-12-9-13(21-2)10-16(19(20)23-4)18(12)15(14)7-8-17(11)22-3/h7-10H,5-6H2,1-4H3. The number of carbonyl (C=O) groups excluding carboxylic acids is 1. The van der Waals surface area contributed by atoms with Crippen LogP contribution in [0.4, 0.5) is 0 Å². The van der Waals surface area contributed by atoms with E-state index < -0.39 is 0 Å². The lowest BCUT2D eigenvalue weighted by atomic mass is 9.81. The molecule has 4 nitrogen and oxygen atoms in total. The van der Waals surface area contributed by atoms with E-state index in [1.807, 2.05) is 18.2 Å². The summed E-state index contributed by atoms with van der Waals surface area (Å²) in [7, 11) is 4.68. The van der Waals surface area contributed by atoms with Crippen LogP contribution in [0, 0.1) is 6.92 Å². The number of hydrogen-bond donors (Lipinski definition) is 0. The molecule has 0 amide bonds. The second kappa shape index (κ2) is 5.95. The first-order chi connectivity index (χ1) is 11.1. The third-order valence-corrected chi connectivity index (χ3v) is 4.52. The highest BCUT2D eigenvalue weighted by Crippen LogP contribution is 2.41. The van der Waals surface area contributed by atoms with Gasteiger partial charge in [0, 0.05) is 0 Å². The topological polar surface area (TPSA) is 44.8 Å². The molecule has 2 aromatic carbocycles. The van der Waals surface area contributed by atoms with Gasteiger partial charge < -0.3 is 14.2 Å². The average molecular weight is 312 g/mol. The number of aryl methyl sites for hydroxylation is 1. The minimum atomic E-state index is -0.346. The predicted octanol–water partition coefficient (Wildman–Crippen LogP) is 3.56. The summed E-state index contributed by atoms with van der Waals surface area (Å²) < 4.78 is 15.7. The van der Waals surface area contributed by atoms with Gasteiger partial charge in [-0.3, -0.25) is 0 Å². The molecular formula is C19H20O4. The van der Waals surface area contributed by atoms with Crippen molar-refractivity contribution in [1.29, 1.82) is 0 Å². The highest BCUT2D eigenvalue weighted by molar-refractivity contribution is 6.00. The number of rotatable bonds is 3. The molecule has 0 atom stereocenters. The Labute approximate surface area is 136 Å². The minimum Gasteiger partial charge on any atom is -0.497 e. The van der Waals surface area contributed by atoms with Gasteiger partial charge in [-0.1, -0.05) is 6.07 Å². The van der Waals surface area contributed by atoms with Gasteiger partial charge in [-0.15, -0.1) is 0 Å². The SMILES string of the molecule is COC(=O)c1cc(OC)cc2c1-c1ccc(OC)c(C)c1CC2. The van der Waals surface area contributed by atoms with Gasteiger partial charge in [-0.05, 0) is 65.8 Å². The molecule has 0 fully saturated rings. The lowest BCUT2D eigenvalue weighted by molar-refractivity contribution is 0.0601. The number of fused-ring (bicyclic) bond motifs is 3. The van der Waals surface area contributed by atoms with Crippen LogP contribution >= 0.6 is 0 Å². The molecule has 23 heavy (non-hydrogen) atoms. The van der Waals surface area contributed by atoms with Crippen molar-refractivity contribution in [3.05, 3.63) is 46.5 Å².